The molecule has 0 unspecified atom stereocenters. The number of hydrogen-bond donors (Lipinski definition) is 1. The Hall–Kier alpha value is -0.810. The van der Waals surface area contributed by atoms with Crippen LogP contribution in [0.2, 0.25) is 0 Å². The number of carbonyl (C=O) groups is 1. The molecule has 2 fully saturated rings. The van der Waals surface area contributed by atoms with E-state index in [2.05, 4.69) is 17.1 Å². The van der Waals surface area contributed by atoms with E-state index in [4.69, 9.17) is 4.74 Å². The van der Waals surface area contributed by atoms with Crippen LogP contribution in [0.3, 0.4) is 0 Å². The number of methoxy groups -OCH3 is 1. The second-order valence-electron chi connectivity index (χ2n) is 5.92. The normalized spacial score (nSPS) is 23.0. The molecular formula is C15H29N3O2. The number of piperidine rings is 2. The quantitative estimate of drug-likeness (QED) is 0.854. The number of amides is 2. The minimum Gasteiger partial charge on any atom is -0.381 e. The number of ether oxygens (including phenoxy) is 1. The summed E-state index contributed by atoms with van der Waals surface area (Å²) in [6.07, 6.45) is 5.96. The van der Waals surface area contributed by atoms with Crippen LogP contribution in [0.1, 0.15) is 39.0 Å². The molecule has 1 N–H and O–H groups in total. The van der Waals surface area contributed by atoms with Gasteiger partial charge in [0.15, 0.2) is 0 Å². The van der Waals surface area contributed by atoms with Gasteiger partial charge in [-0.3, -0.25) is 0 Å². The summed E-state index contributed by atoms with van der Waals surface area (Å²) in [6, 6.07) is 0.770. The summed E-state index contributed by atoms with van der Waals surface area (Å²) < 4.78 is 5.42. The summed E-state index contributed by atoms with van der Waals surface area (Å²) in [5.74, 6) is 0. The van der Waals surface area contributed by atoms with Crippen LogP contribution in [-0.4, -0.2) is 67.8 Å². The topological polar surface area (TPSA) is 44.8 Å². The highest BCUT2D eigenvalue weighted by atomic mass is 16.5. The molecule has 0 aromatic heterocycles. The average molecular weight is 283 g/mol. The van der Waals surface area contributed by atoms with Crippen LogP contribution >= 0.6 is 0 Å². The van der Waals surface area contributed by atoms with E-state index >= 15 is 0 Å². The summed E-state index contributed by atoms with van der Waals surface area (Å²) in [4.78, 5) is 16.5. The van der Waals surface area contributed by atoms with E-state index in [1.54, 1.807) is 0 Å². The highest BCUT2D eigenvalue weighted by molar-refractivity contribution is 5.74. The Morgan fingerprint density at radius 2 is 1.80 bits per heavy atom. The first kappa shape index (κ1) is 15.6. The van der Waals surface area contributed by atoms with E-state index in [0.717, 1.165) is 64.8 Å². The molecular weight excluding hydrogens is 254 g/mol. The zero-order chi connectivity index (χ0) is 14.4. The molecule has 2 saturated heterocycles. The van der Waals surface area contributed by atoms with Gasteiger partial charge in [0.25, 0.3) is 0 Å². The van der Waals surface area contributed by atoms with Crippen LogP contribution in [0.25, 0.3) is 0 Å². The van der Waals surface area contributed by atoms with Crippen molar-refractivity contribution in [3.05, 3.63) is 0 Å². The van der Waals surface area contributed by atoms with Crippen LogP contribution in [0, 0.1) is 0 Å². The van der Waals surface area contributed by atoms with Crippen LogP contribution in [-0.2, 0) is 4.74 Å². The average Bonchev–Trinajstić information content (AvgIpc) is 2.53. The zero-order valence-corrected chi connectivity index (χ0v) is 12.9. The molecule has 0 radical (unpaired) electrons. The second-order valence-corrected chi connectivity index (χ2v) is 5.92. The SMILES string of the molecule is CCCNC(=O)N1CCC(N2CCC(OC)CC2)CC1. The van der Waals surface area contributed by atoms with Gasteiger partial charge in [-0.25, -0.2) is 4.79 Å². The van der Waals surface area contributed by atoms with E-state index in [0.29, 0.717) is 12.1 Å². The van der Waals surface area contributed by atoms with Crippen molar-refractivity contribution in [2.45, 2.75) is 51.2 Å². The number of carbonyl (C=O) groups excluding carboxylic acids is 1. The third-order valence-corrected chi connectivity index (χ3v) is 4.60. The van der Waals surface area contributed by atoms with E-state index < -0.39 is 0 Å². The van der Waals surface area contributed by atoms with Crippen molar-refractivity contribution >= 4 is 6.03 Å². The van der Waals surface area contributed by atoms with E-state index in [9.17, 15) is 4.79 Å². The first-order valence-corrected chi connectivity index (χ1v) is 8.04. The maximum atomic E-state index is 11.9. The van der Waals surface area contributed by atoms with Crippen molar-refractivity contribution < 1.29 is 9.53 Å². The lowest BCUT2D eigenvalue weighted by Gasteiger charge is -2.41. The molecule has 0 aromatic rings. The molecule has 116 valence electrons. The molecule has 2 heterocycles. The fourth-order valence-corrected chi connectivity index (χ4v) is 3.25. The predicted molar refractivity (Wildman–Crippen MR) is 79.9 cm³/mol. The molecule has 0 bridgehead atoms. The number of nitrogens with one attached hydrogen (secondary N) is 1. The largest absolute Gasteiger partial charge is 0.381 e. The maximum Gasteiger partial charge on any atom is 0.317 e. The standard InChI is InChI=1S/C15H29N3O2/c1-3-8-16-15(19)18-9-4-13(5-10-18)17-11-6-14(20-2)7-12-17/h13-14H,3-12H2,1-2H3,(H,16,19). The first-order valence-electron chi connectivity index (χ1n) is 8.04. The van der Waals surface area contributed by atoms with Gasteiger partial charge in [0.05, 0.1) is 6.10 Å². The Kier molecular flexibility index (Phi) is 6.10. The van der Waals surface area contributed by atoms with Gasteiger partial charge in [-0.1, -0.05) is 6.92 Å². The van der Waals surface area contributed by atoms with Gasteiger partial charge in [-0.15, -0.1) is 0 Å². The van der Waals surface area contributed by atoms with Gasteiger partial charge in [0.2, 0.25) is 0 Å². The summed E-state index contributed by atoms with van der Waals surface area (Å²) in [5.41, 5.74) is 0. The van der Waals surface area contributed by atoms with Crippen molar-refractivity contribution in [2.24, 2.45) is 0 Å². The number of rotatable bonds is 4. The lowest BCUT2D eigenvalue weighted by molar-refractivity contribution is 0.0170. The molecule has 2 rings (SSSR count). The third kappa shape index (κ3) is 4.09. The molecule has 5 heteroatoms. The first-order chi connectivity index (χ1) is 9.74. The van der Waals surface area contributed by atoms with E-state index in [-0.39, 0.29) is 6.03 Å². The molecule has 2 amide bonds. The molecule has 2 aliphatic heterocycles. The Labute approximate surface area is 122 Å². The summed E-state index contributed by atoms with van der Waals surface area (Å²) in [6.45, 7) is 6.94. The highest BCUT2D eigenvalue weighted by Crippen LogP contribution is 2.22. The van der Waals surface area contributed by atoms with Crippen LogP contribution in [0.15, 0.2) is 0 Å². The van der Waals surface area contributed by atoms with Gasteiger partial charge in [-0.05, 0) is 32.1 Å². The van der Waals surface area contributed by atoms with Crippen molar-refractivity contribution in [3.63, 3.8) is 0 Å². The number of nitrogens with zero attached hydrogens (tertiary/aromatic N) is 2. The molecule has 0 aliphatic carbocycles. The van der Waals surface area contributed by atoms with Crippen LogP contribution < -0.4 is 5.32 Å². The van der Waals surface area contributed by atoms with Crippen molar-refractivity contribution in [1.82, 2.24) is 15.1 Å². The van der Waals surface area contributed by atoms with Gasteiger partial charge in [0, 0.05) is 45.9 Å². The predicted octanol–water partition coefficient (Wildman–Crippen LogP) is 1.68. The number of hydrogen-bond acceptors (Lipinski definition) is 3. The smallest absolute Gasteiger partial charge is 0.317 e. The molecule has 0 saturated carbocycles. The third-order valence-electron chi connectivity index (χ3n) is 4.60. The summed E-state index contributed by atoms with van der Waals surface area (Å²) in [7, 11) is 1.81. The zero-order valence-electron chi connectivity index (χ0n) is 12.9. The van der Waals surface area contributed by atoms with Crippen molar-refractivity contribution in [2.75, 3.05) is 39.8 Å². The Morgan fingerprint density at radius 1 is 1.15 bits per heavy atom. The molecule has 0 spiro atoms. The molecule has 5 nitrogen and oxygen atoms in total. The number of likely N-dealkylation sites (tertiary alicyclic amines) is 2. The van der Waals surface area contributed by atoms with Gasteiger partial charge in [-0.2, -0.15) is 0 Å². The van der Waals surface area contributed by atoms with Gasteiger partial charge in [0.1, 0.15) is 0 Å². The fraction of sp³-hybridized carbons (Fsp3) is 0.933. The lowest BCUT2D eigenvalue weighted by atomic mass is 9.99. The fourth-order valence-electron chi connectivity index (χ4n) is 3.25. The highest BCUT2D eigenvalue weighted by Gasteiger charge is 2.29. The lowest BCUT2D eigenvalue weighted by Crippen LogP contribution is -2.51. The van der Waals surface area contributed by atoms with E-state index in [1.807, 2.05) is 12.0 Å². The monoisotopic (exact) mass is 283 g/mol. The molecule has 20 heavy (non-hydrogen) atoms. The Bertz CT molecular complexity index is 295. The van der Waals surface area contributed by atoms with Gasteiger partial charge < -0.3 is 19.9 Å². The molecule has 2 aliphatic rings. The Balaban J connectivity index is 1.70. The summed E-state index contributed by atoms with van der Waals surface area (Å²) >= 11 is 0. The second kappa shape index (κ2) is 7.84. The Morgan fingerprint density at radius 3 is 2.35 bits per heavy atom. The maximum absolute atomic E-state index is 11.9. The van der Waals surface area contributed by atoms with Crippen molar-refractivity contribution in [1.29, 1.82) is 0 Å². The van der Waals surface area contributed by atoms with Crippen LogP contribution in [0.4, 0.5) is 4.79 Å². The minimum absolute atomic E-state index is 0.114. The van der Waals surface area contributed by atoms with Gasteiger partial charge >= 0.3 is 6.03 Å². The molecule has 0 aromatic carbocycles. The van der Waals surface area contributed by atoms with Crippen LogP contribution in [0.5, 0.6) is 0 Å². The molecule has 0 atom stereocenters. The summed E-state index contributed by atoms with van der Waals surface area (Å²) in [5, 5.41) is 2.97. The van der Waals surface area contributed by atoms with E-state index in [1.165, 1.54) is 0 Å². The van der Waals surface area contributed by atoms with Crippen molar-refractivity contribution in [3.8, 4) is 0 Å². The minimum atomic E-state index is 0.114. The number of urea groups is 1.